The molecular formula is C13H17ClFN3O2. The van der Waals surface area contributed by atoms with Gasteiger partial charge in [0.15, 0.2) is 0 Å². The fraction of sp³-hybridized carbons (Fsp3) is 0.385. The molecule has 0 radical (unpaired) electrons. The molecule has 0 aliphatic carbocycles. The fourth-order valence-corrected chi connectivity index (χ4v) is 1.88. The van der Waals surface area contributed by atoms with Crippen molar-refractivity contribution < 1.29 is 14.4 Å². The van der Waals surface area contributed by atoms with Gasteiger partial charge in [-0.1, -0.05) is 23.7 Å². The highest BCUT2D eigenvalue weighted by Gasteiger charge is 2.21. The Morgan fingerprint density at radius 2 is 2.25 bits per heavy atom. The van der Waals surface area contributed by atoms with Crippen LogP contribution in [-0.4, -0.2) is 34.9 Å². The molecule has 110 valence electrons. The van der Waals surface area contributed by atoms with Crippen LogP contribution in [0.25, 0.3) is 0 Å². The van der Waals surface area contributed by atoms with Gasteiger partial charge < -0.3 is 15.8 Å². The summed E-state index contributed by atoms with van der Waals surface area (Å²) in [6.45, 7) is 4.06. The Morgan fingerprint density at radius 1 is 1.60 bits per heavy atom. The van der Waals surface area contributed by atoms with Gasteiger partial charge in [-0.15, -0.1) is 0 Å². The number of hydrogen-bond donors (Lipinski definition) is 2. The number of nitrogens with zero attached hydrogens (tertiary/aromatic N) is 2. The number of rotatable bonds is 5. The van der Waals surface area contributed by atoms with Crippen LogP contribution >= 0.6 is 11.6 Å². The molecule has 1 amide bonds. The molecule has 0 aromatic heterocycles. The van der Waals surface area contributed by atoms with E-state index in [2.05, 4.69) is 5.16 Å². The minimum Gasteiger partial charge on any atom is -0.409 e. The summed E-state index contributed by atoms with van der Waals surface area (Å²) in [5.74, 6) is -1.44. The van der Waals surface area contributed by atoms with Crippen LogP contribution in [0, 0.1) is 11.7 Å². The van der Waals surface area contributed by atoms with E-state index in [4.69, 9.17) is 22.5 Å². The molecule has 5 nitrogen and oxygen atoms in total. The Kier molecular flexibility index (Phi) is 5.76. The van der Waals surface area contributed by atoms with Crippen molar-refractivity contribution in [1.29, 1.82) is 0 Å². The lowest BCUT2D eigenvalue weighted by molar-refractivity contribution is 0.0749. The van der Waals surface area contributed by atoms with Crippen molar-refractivity contribution in [3.8, 4) is 0 Å². The van der Waals surface area contributed by atoms with Gasteiger partial charge in [0.2, 0.25) is 0 Å². The number of amides is 1. The van der Waals surface area contributed by atoms with Gasteiger partial charge in [-0.3, -0.25) is 4.79 Å². The van der Waals surface area contributed by atoms with Crippen LogP contribution in [0.1, 0.15) is 24.2 Å². The van der Waals surface area contributed by atoms with Gasteiger partial charge in [0.05, 0.1) is 5.56 Å². The molecule has 7 heteroatoms. The third-order valence-corrected chi connectivity index (χ3v) is 3.18. The first-order valence-corrected chi connectivity index (χ1v) is 6.50. The summed E-state index contributed by atoms with van der Waals surface area (Å²) in [5, 5.41) is 11.8. The van der Waals surface area contributed by atoms with Crippen molar-refractivity contribution in [2.75, 3.05) is 13.1 Å². The van der Waals surface area contributed by atoms with E-state index in [1.807, 2.05) is 0 Å². The normalized spacial score (nSPS) is 13.1. The molecule has 3 N–H and O–H groups in total. The first-order chi connectivity index (χ1) is 9.40. The topological polar surface area (TPSA) is 78.9 Å². The molecular weight excluding hydrogens is 285 g/mol. The van der Waals surface area contributed by atoms with Gasteiger partial charge in [0.1, 0.15) is 11.7 Å². The third kappa shape index (κ3) is 3.84. The van der Waals surface area contributed by atoms with Gasteiger partial charge in [0, 0.05) is 24.0 Å². The number of carbonyl (C=O) groups excluding carboxylic acids is 1. The molecule has 1 unspecified atom stereocenters. The maximum absolute atomic E-state index is 13.7. The zero-order valence-corrected chi connectivity index (χ0v) is 12.1. The van der Waals surface area contributed by atoms with E-state index in [1.54, 1.807) is 13.8 Å². The summed E-state index contributed by atoms with van der Waals surface area (Å²) in [4.78, 5) is 13.7. The SMILES string of the molecule is CCN(CC(C)C(N)=NO)C(=O)c1cc(Cl)ccc1F. The second kappa shape index (κ2) is 7.09. The Labute approximate surface area is 121 Å². The lowest BCUT2D eigenvalue weighted by atomic mass is 10.1. The second-order valence-corrected chi connectivity index (χ2v) is 4.83. The molecule has 0 spiro atoms. The summed E-state index contributed by atoms with van der Waals surface area (Å²) < 4.78 is 13.7. The lowest BCUT2D eigenvalue weighted by Gasteiger charge is -2.24. The number of halogens is 2. The van der Waals surface area contributed by atoms with Crippen molar-refractivity contribution in [2.45, 2.75) is 13.8 Å². The Morgan fingerprint density at radius 3 is 2.80 bits per heavy atom. The summed E-state index contributed by atoms with van der Waals surface area (Å²) in [7, 11) is 0. The first-order valence-electron chi connectivity index (χ1n) is 6.12. The summed E-state index contributed by atoms with van der Waals surface area (Å²) in [5.41, 5.74) is 5.39. The number of benzene rings is 1. The van der Waals surface area contributed by atoms with E-state index in [9.17, 15) is 9.18 Å². The van der Waals surface area contributed by atoms with Crippen molar-refractivity contribution in [3.05, 3.63) is 34.6 Å². The molecule has 20 heavy (non-hydrogen) atoms. The van der Waals surface area contributed by atoms with Crippen molar-refractivity contribution in [2.24, 2.45) is 16.8 Å². The average Bonchev–Trinajstić information content (AvgIpc) is 2.45. The highest BCUT2D eigenvalue weighted by atomic mass is 35.5. The van der Waals surface area contributed by atoms with Crippen LogP contribution in [0.3, 0.4) is 0 Å². The van der Waals surface area contributed by atoms with Crippen LogP contribution in [0.4, 0.5) is 4.39 Å². The molecule has 1 aromatic rings. The maximum Gasteiger partial charge on any atom is 0.256 e. The number of amidine groups is 1. The first kappa shape index (κ1) is 16.2. The van der Waals surface area contributed by atoms with Crippen LogP contribution in [0.2, 0.25) is 5.02 Å². The molecule has 0 saturated carbocycles. The third-order valence-electron chi connectivity index (χ3n) is 2.94. The lowest BCUT2D eigenvalue weighted by Crippen LogP contribution is -2.39. The number of carbonyl (C=O) groups is 1. The Balaban J connectivity index is 2.95. The van der Waals surface area contributed by atoms with Crippen molar-refractivity contribution >= 4 is 23.3 Å². The Bertz CT molecular complexity index is 522. The van der Waals surface area contributed by atoms with Crippen LogP contribution < -0.4 is 5.73 Å². The minimum atomic E-state index is -0.630. The van der Waals surface area contributed by atoms with Crippen molar-refractivity contribution in [1.82, 2.24) is 4.90 Å². The number of nitrogens with two attached hydrogens (primary N) is 1. The van der Waals surface area contributed by atoms with Crippen molar-refractivity contribution in [3.63, 3.8) is 0 Å². The van der Waals surface area contributed by atoms with E-state index >= 15 is 0 Å². The molecule has 0 saturated heterocycles. The second-order valence-electron chi connectivity index (χ2n) is 4.39. The summed E-state index contributed by atoms with van der Waals surface area (Å²) >= 11 is 5.78. The number of hydrogen-bond acceptors (Lipinski definition) is 3. The van der Waals surface area contributed by atoms with E-state index in [0.29, 0.717) is 6.54 Å². The molecule has 0 fully saturated rings. The van der Waals surface area contributed by atoms with Gasteiger partial charge in [0.25, 0.3) is 5.91 Å². The zero-order chi connectivity index (χ0) is 15.3. The van der Waals surface area contributed by atoms with Crippen LogP contribution in [-0.2, 0) is 0 Å². The van der Waals surface area contributed by atoms with Crippen LogP contribution in [0.15, 0.2) is 23.4 Å². The van der Waals surface area contributed by atoms with Gasteiger partial charge >= 0.3 is 0 Å². The molecule has 1 rings (SSSR count). The highest BCUT2D eigenvalue weighted by Crippen LogP contribution is 2.17. The molecule has 1 atom stereocenters. The van der Waals surface area contributed by atoms with E-state index in [1.165, 1.54) is 17.0 Å². The van der Waals surface area contributed by atoms with Gasteiger partial charge in [-0.2, -0.15) is 0 Å². The number of oxime groups is 1. The smallest absolute Gasteiger partial charge is 0.256 e. The zero-order valence-electron chi connectivity index (χ0n) is 11.3. The van der Waals surface area contributed by atoms with E-state index in [-0.39, 0.29) is 28.9 Å². The molecule has 0 aliphatic heterocycles. The van der Waals surface area contributed by atoms with Crippen LogP contribution in [0.5, 0.6) is 0 Å². The molecule has 0 aliphatic rings. The highest BCUT2D eigenvalue weighted by molar-refractivity contribution is 6.31. The van der Waals surface area contributed by atoms with E-state index < -0.39 is 11.7 Å². The molecule has 0 bridgehead atoms. The van der Waals surface area contributed by atoms with Gasteiger partial charge in [-0.25, -0.2) is 4.39 Å². The quantitative estimate of drug-likeness (QED) is 0.379. The largest absolute Gasteiger partial charge is 0.409 e. The standard InChI is InChI=1S/C13H17ClFN3O2/c1-3-18(7-8(2)12(16)17-20)13(19)10-6-9(14)4-5-11(10)15/h4-6,8,20H,3,7H2,1-2H3,(H2,16,17). The van der Waals surface area contributed by atoms with E-state index in [0.717, 1.165) is 6.07 Å². The predicted molar refractivity (Wildman–Crippen MR) is 75.6 cm³/mol. The average molecular weight is 302 g/mol. The molecule has 0 heterocycles. The monoisotopic (exact) mass is 301 g/mol. The maximum atomic E-state index is 13.7. The molecule has 1 aromatic carbocycles. The fourth-order valence-electron chi connectivity index (χ4n) is 1.71. The summed E-state index contributed by atoms with van der Waals surface area (Å²) in [6, 6.07) is 3.81. The Hall–Kier alpha value is -1.82. The predicted octanol–water partition coefficient (Wildman–Crippen LogP) is 2.32. The minimum absolute atomic E-state index is 0.0165. The summed E-state index contributed by atoms with van der Waals surface area (Å²) in [6.07, 6.45) is 0. The van der Waals surface area contributed by atoms with Gasteiger partial charge in [-0.05, 0) is 25.1 Å².